The van der Waals surface area contributed by atoms with E-state index in [0.717, 1.165) is 31.1 Å². The predicted molar refractivity (Wildman–Crippen MR) is 108 cm³/mol. The Bertz CT molecular complexity index is 603. The van der Waals surface area contributed by atoms with E-state index >= 15 is 0 Å². The van der Waals surface area contributed by atoms with Crippen LogP contribution in [0.3, 0.4) is 0 Å². The number of carbonyl (C=O) groups is 1. The van der Waals surface area contributed by atoms with Crippen LogP contribution in [-0.4, -0.2) is 65.1 Å². The molecule has 3 aliphatic rings. The molecule has 26 heavy (non-hydrogen) atoms. The minimum atomic E-state index is 0.319. The maximum atomic E-state index is 12.3. The second kappa shape index (κ2) is 8.32. The minimum Gasteiger partial charge on any atom is -0.325 e. The zero-order chi connectivity index (χ0) is 17.9. The summed E-state index contributed by atoms with van der Waals surface area (Å²) in [7, 11) is 0. The first-order valence-electron chi connectivity index (χ1n) is 10.2. The molecule has 0 aromatic heterocycles. The van der Waals surface area contributed by atoms with E-state index in [1.165, 1.54) is 24.8 Å². The summed E-state index contributed by atoms with van der Waals surface area (Å²) in [6.45, 7) is 5.12. The highest BCUT2D eigenvalue weighted by molar-refractivity contribution is 7.99. The van der Waals surface area contributed by atoms with E-state index in [9.17, 15) is 4.79 Å². The van der Waals surface area contributed by atoms with Gasteiger partial charge in [-0.15, -0.1) is 0 Å². The van der Waals surface area contributed by atoms with Crippen molar-refractivity contribution in [2.24, 2.45) is 0 Å². The van der Waals surface area contributed by atoms with Gasteiger partial charge in [0.15, 0.2) is 0 Å². The standard InChI is InChI=1S/C21H31N3OS/c1-2-21(25)24-12-13-26-15-20(24)23-10-8-17(9-11-23)22-19-14-18(19)16-6-4-3-5-7-16/h3-7,17-20,22H,2,8-15H2,1H3/t18-,19+,20?/m0/s1. The number of nitrogens with zero attached hydrogens (tertiary/aromatic N) is 2. The van der Waals surface area contributed by atoms with Gasteiger partial charge in [0.1, 0.15) is 0 Å². The molecule has 1 aliphatic carbocycles. The summed E-state index contributed by atoms with van der Waals surface area (Å²) in [5.41, 5.74) is 1.48. The second-order valence-corrected chi connectivity index (χ2v) is 8.98. The minimum absolute atomic E-state index is 0.319. The van der Waals surface area contributed by atoms with Crippen molar-refractivity contribution in [2.75, 3.05) is 31.1 Å². The van der Waals surface area contributed by atoms with E-state index in [4.69, 9.17) is 0 Å². The van der Waals surface area contributed by atoms with E-state index in [2.05, 4.69) is 45.4 Å². The Hall–Kier alpha value is -1.04. The molecular weight excluding hydrogens is 342 g/mol. The molecule has 3 atom stereocenters. The van der Waals surface area contributed by atoms with Gasteiger partial charge >= 0.3 is 0 Å². The molecular formula is C21H31N3OS. The molecule has 4 rings (SSSR count). The first-order chi connectivity index (χ1) is 12.8. The highest BCUT2D eigenvalue weighted by atomic mass is 32.2. The third-order valence-corrected chi connectivity index (χ3v) is 7.15. The van der Waals surface area contributed by atoms with Gasteiger partial charge in [0, 0.05) is 55.6 Å². The van der Waals surface area contributed by atoms with Gasteiger partial charge in [0.2, 0.25) is 5.91 Å². The van der Waals surface area contributed by atoms with Gasteiger partial charge in [-0.3, -0.25) is 9.69 Å². The maximum Gasteiger partial charge on any atom is 0.223 e. The number of hydrogen-bond donors (Lipinski definition) is 1. The number of piperidine rings is 1. The normalized spacial score (nSPS) is 30.3. The lowest BCUT2D eigenvalue weighted by Gasteiger charge is -2.45. The van der Waals surface area contributed by atoms with Crippen LogP contribution in [0.25, 0.3) is 0 Å². The lowest BCUT2D eigenvalue weighted by molar-refractivity contribution is -0.137. The van der Waals surface area contributed by atoms with Crippen molar-refractivity contribution < 1.29 is 4.79 Å². The molecule has 1 N–H and O–H groups in total. The molecule has 1 unspecified atom stereocenters. The second-order valence-electron chi connectivity index (χ2n) is 7.83. The van der Waals surface area contributed by atoms with Gasteiger partial charge in [-0.1, -0.05) is 37.3 Å². The summed E-state index contributed by atoms with van der Waals surface area (Å²) in [4.78, 5) is 17.0. The third kappa shape index (κ3) is 4.10. The predicted octanol–water partition coefficient (Wildman–Crippen LogP) is 2.91. The van der Waals surface area contributed by atoms with Crippen LogP contribution in [0.2, 0.25) is 0 Å². The average molecular weight is 374 g/mol. The molecule has 0 bridgehead atoms. The van der Waals surface area contributed by atoms with Crippen molar-refractivity contribution in [3.8, 4) is 0 Å². The summed E-state index contributed by atoms with van der Waals surface area (Å²) in [6, 6.07) is 12.2. The molecule has 2 heterocycles. The van der Waals surface area contributed by atoms with Gasteiger partial charge in [0.05, 0.1) is 6.17 Å². The molecule has 2 aliphatic heterocycles. The topological polar surface area (TPSA) is 35.6 Å². The van der Waals surface area contributed by atoms with Crippen LogP contribution in [0.1, 0.15) is 44.1 Å². The Morgan fingerprint density at radius 2 is 1.96 bits per heavy atom. The Labute approximate surface area is 161 Å². The van der Waals surface area contributed by atoms with E-state index in [0.29, 0.717) is 36.5 Å². The zero-order valence-electron chi connectivity index (χ0n) is 15.8. The van der Waals surface area contributed by atoms with Crippen molar-refractivity contribution in [3.05, 3.63) is 35.9 Å². The lowest BCUT2D eigenvalue weighted by atomic mass is 10.0. The SMILES string of the molecule is CCC(=O)N1CCSCC1N1CCC(N[C@@H]2C[C@H]2c2ccccc2)CC1. The summed E-state index contributed by atoms with van der Waals surface area (Å²) >= 11 is 2.00. The molecule has 3 fully saturated rings. The fourth-order valence-electron chi connectivity index (χ4n) is 4.50. The summed E-state index contributed by atoms with van der Waals surface area (Å²) in [5, 5.41) is 3.90. The number of thioether (sulfide) groups is 1. The van der Waals surface area contributed by atoms with Gasteiger partial charge in [-0.25, -0.2) is 0 Å². The van der Waals surface area contributed by atoms with Crippen LogP contribution in [-0.2, 0) is 4.79 Å². The highest BCUT2D eigenvalue weighted by Crippen LogP contribution is 2.41. The summed E-state index contributed by atoms with van der Waals surface area (Å²) < 4.78 is 0. The smallest absolute Gasteiger partial charge is 0.223 e. The Balaban J connectivity index is 1.26. The number of amides is 1. The van der Waals surface area contributed by atoms with Crippen LogP contribution in [0.15, 0.2) is 30.3 Å². The van der Waals surface area contributed by atoms with Crippen molar-refractivity contribution in [1.82, 2.24) is 15.1 Å². The van der Waals surface area contributed by atoms with E-state index in [1.54, 1.807) is 0 Å². The molecule has 1 aromatic rings. The van der Waals surface area contributed by atoms with Crippen LogP contribution >= 0.6 is 11.8 Å². The largest absolute Gasteiger partial charge is 0.325 e. The van der Waals surface area contributed by atoms with Crippen LogP contribution in [0.5, 0.6) is 0 Å². The van der Waals surface area contributed by atoms with Crippen LogP contribution in [0, 0.1) is 0 Å². The number of nitrogens with one attached hydrogen (secondary N) is 1. The van der Waals surface area contributed by atoms with E-state index < -0.39 is 0 Å². The third-order valence-electron chi connectivity index (χ3n) is 6.15. The molecule has 4 nitrogen and oxygen atoms in total. The first-order valence-corrected chi connectivity index (χ1v) is 11.3. The van der Waals surface area contributed by atoms with Gasteiger partial charge in [0.25, 0.3) is 0 Å². The number of carbonyl (C=O) groups excluding carboxylic acids is 1. The number of benzene rings is 1. The van der Waals surface area contributed by atoms with Crippen molar-refractivity contribution in [2.45, 2.75) is 56.8 Å². The average Bonchev–Trinajstić information content (AvgIpc) is 3.48. The number of hydrogen-bond acceptors (Lipinski definition) is 4. The highest BCUT2D eigenvalue weighted by Gasteiger charge is 2.40. The van der Waals surface area contributed by atoms with E-state index in [-0.39, 0.29) is 0 Å². The maximum absolute atomic E-state index is 12.3. The summed E-state index contributed by atoms with van der Waals surface area (Å²) in [6.07, 6.45) is 4.63. The molecule has 1 aromatic carbocycles. The van der Waals surface area contributed by atoms with Crippen LogP contribution in [0.4, 0.5) is 0 Å². The Morgan fingerprint density at radius 1 is 1.19 bits per heavy atom. The molecule has 5 heteroatoms. The van der Waals surface area contributed by atoms with Crippen molar-refractivity contribution in [1.29, 1.82) is 0 Å². The number of rotatable bonds is 5. The molecule has 1 amide bonds. The quantitative estimate of drug-likeness (QED) is 0.861. The number of likely N-dealkylation sites (tertiary alicyclic amines) is 1. The van der Waals surface area contributed by atoms with Gasteiger partial charge in [-0.05, 0) is 24.8 Å². The molecule has 1 saturated carbocycles. The van der Waals surface area contributed by atoms with Crippen LogP contribution < -0.4 is 5.32 Å². The fraction of sp³-hybridized carbons (Fsp3) is 0.667. The van der Waals surface area contributed by atoms with Gasteiger partial charge in [-0.2, -0.15) is 11.8 Å². The Kier molecular flexibility index (Phi) is 5.87. The zero-order valence-corrected chi connectivity index (χ0v) is 16.6. The molecule has 142 valence electrons. The lowest BCUT2D eigenvalue weighted by Crippen LogP contribution is -2.58. The molecule has 0 radical (unpaired) electrons. The first kappa shape index (κ1) is 18.3. The molecule has 2 saturated heterocycles. The van der Waals surface area contributed by atoms with Crippen molar-refractivity contribution in [3.63, 3.8) is 0 Å². The summed E-state index contributed by atoms with van der Waals surface area (Å²) in [5.74, 6) is 3.19. The fourth-order valence-corrected chi connectivity index (χ4v) is 5.60. The Morgan fingerprint density at radius 3 is 2.69 bits per heavy atom. The van der Waals surface area contributed by atoms with E-state index in [1.807, 2.05) is 18.7 Å². The molecule has 0 spiro atoms. The van der Waals surface area contributed by atoms with Crippen molar-refractivity contribution >= 4 is 17.7 Å². The monoisotopic (exact) mass is 373 g/mol. The van der Waals surface area contributed by atoms with Gasteiger partial charge < -0.3 is 10.2 Å².